The molecule has 3 rings (SSSR count). The van der Waals surface area contributed by atoms with E-state index in [0.29, 0.717) is 9.23 Å². The van der Waals surface area contributed by atoms with Crippen molar-refractivity contribution < 1.29 is 4.79 Å². The van der Waals surface area contributed by atoms with Crippen LogP contribution in [0.4, 0.5) is 0 Å². The van der Waals surface area contributed by atoms with Crippen LogP contribution in [0.3, 0.4) is 0 Å². The van der Waals surface area contributed by atoms with Gasteiger partial charge in [0.05, 0.1) is 4.91 Å². The van der Waals surface area contributed by atoms with Gasteiger partial charge in [-0.15, -0.1) is 0 Å². The Morgan fingerprint density at radius 1 is 1.05 bits per heavy atom. The number of thiocarbonyl (C=S) groups is 1. The molecule has 1 aliphatic rings. The van der Waals surface area contributed by atoms with Gasteiger partial charge in [0.2, 0.25) is 0 Å². The number of benzene rings is 2. The van der Waals surface area contributed by atoms with Gasteiger partial charge in [0, 0.05) is 9.79 Å². The highest BCUT2D eigenvalue weighted by Crippen LogP contribution is 2.30. The van der Waals surface area contributed by atoms with Crippen LogP contribution in [0.1, 0.15) is 5.56 Å². The van der Waals surface area contributed by atoms with E-state index in [-0.39, 0.29) is 5.91 Å². The molecule has 21 heavy (non-hydrogen) atoms. The lowest BCUT2D eigenvalue weighted by molar-refractivity contribution is -0.115. The van der Waals surface area contributed by atoms with E-state index in [9.17, 15) is 4.79 Å². The lowest BCUT2D eigenvalue weighted by Gasteiger charge is -2.03. The molecule has 1 fully saturated rings. The van der Waals surface area contributed by atoms with Crippen LogP contribution in [-0.2, 0) is 4.79 Å². The summed E-state index contributed by atoms with van der Waals surface area (Å²) in [6, 6.07) is 18.3. The number of thioether (sulfide) groups is 1. The highest BCUT2D eigenvalue weighted by atomic mass is 32.2. The van der Waals surface area contributed by atoms with Crippen LogP contribution in [0.2, 0.25) is 0 Å². The largest absolute Gasteiger partial charge is 0.307 e. The molecule has 1 saturated heterocycles. The SMILES string of the molecule is O=C1NC(=S)SC1=Cc1cccc(Sc2ccccc2)c1. The van der Waals surface area contributed by atoms with Gasteiger partial charge in [-0.1, -0.05) is 66.1 Å². The van der Waals surface area contributed by atoms with Gasteiger partial charge < -0.3 is 5.32 Å². The van der Waals surface area contributed by atoms with Gasteiger partial charge >= 0.3 is 0 Å². The Balaban J connectivity index is 1.82. The smallest absolute Gasteiger partial charge is 0.263 e. The minimum Gasteiger partial charge on any atom is -0.307 e. The highest BCUT2D eigenvalue weighted by Gasteiger charge is 2.21. The number of rotatable bonds is 3. The van der Waals surface area contributed by atoms with E-state index >= 15 is 0 Å². The van der Waals surface area contributed by atoms with Crippen LogP contribution in [0.5, 0.6) is 0 Å². The minimum atomic E-state index is -0.119. The third-order valence-electron chi connectivity index (χ3n) is 2.78. The Kier molecular flexibility index (Phi) is 4.43. The van der Waals surface area contributed by atoms with Crippen molar-refractivity contribution in [3.63, 3.8) is 0 Å². The summed E-state index contributed by atoms with van der Waals surface area (Å²) < 4.78 is 0.515. The fourth-order valence-corrected chi connectivity index (χ4v) is 3.82. The minimum absolute atomic E-state index is 0.119. The van der Waals surface area contributed by atoms with Crippen LogP contribution in [-0.4, -0.2) is 10.2 Å². The molecular weight excluding hydrogens is 318 g/mol. The lowest BCUT2D eigenvalue weighted by atomic mass is 10.2. The average Bonchev–Trinajstić information content (AvgIpc) is 2.78. The second-order valence-corrected chi connectivity index (χ2v) is 7.21. The van der Waals surface area contributed by atoms with E-state index in [0.717, 1.165) is 10.5 Å². The summed E-state index contributed by atoms with van der Waals surface area (Å²) >= 11 is 7.99. The van der Waals surface area contributed by atoms with Gasteiger partial charge in [-0.25, -0.2) is 0 Å². The molecule has 104 valence electrons. The Bertz CT molecular complexity index is 725. The van der Waals surface area contributed by atoms with E-state index in [1.165, 1.54) is 16.7 Å². The predicted octanol–water partition coefficient (Wildman–Crippen LogP) is 4.33. The van der Waals surface area contributed by atoms with Crippen molar-refractivity contribution in [2.24, 2.45) is 0 Å². The molecule has 5 heteroatoms. The molecule has 1 heterocycles. The molecule has 0 aromatic heterocycles. The third kappa shape index (κ3) is 3.75. The summed E-state index contributed by atoms with van der Waals surface area (Å²) in [5.74, 6) is -0.119. The molecular formula is C16H11NOS3. The quantitative estimate of drug-likeness (QED) is 0.670. The molecule has 2 aromatic carbocycles. The standard InChI is InChI=1S/C16H11NOS3/c18-15-14(21-16(19)17-15)10-11-5-4-8-13(9-11)20-12-6-2-1-3-7-12/h1-10H,(H,17,18,19). The van der Waals surface area contributed by atoms with Crippen molar-refractivity contribution in [1.82, 2.24) is 5.32 Å². The maximum Gasteiger partial charge on any atom is 0.263 e. The van der Waals surface area contributed by atoms with Crippen molar-refractivity contribution in [3.8, 4) is 0 Å². The van der Waals surface area contributed by atoms with Crippen LogP contribution >= 0.6 is 35.7 Å². The molecule has 0 unspecified atom stereocenters. The highest BCUT2D eigenvalue weighted by molar-refractivity contribution is 8.26. The van der Waals surface area contributed by atoms with Gasteiger partial charge in [-0.2, -0.15) is 0 Å². The first-order valence-corrected chi connectivity index (χ1v) is 8.33. The van der Waals surface area contributed by atoms with Gasteiger partial charge in [-0.05, 0) is 35.9 Å². The second kappa shape index (κ2) is 6.47. The molecule has 2 nitrogen and oxygen atoms in total. The van der Waals surface area contributed by atoms with Crippen LogP contribution in [0, 0.1) is 0 Å². The normalized spacial score (nSPS) is 16.3. The summed E-state index contributed by atoms with van der Waals surface area (Å²) in [4.78, 5) is 14.6. The van der Waals surface area contributed by atoms with Gasteiger partial charge in [0.1, 0.15) is 4.32 Å². The first kappa shape index (κ1) is 14.4. The number of carbonyl (C=O) groups excluding carboxylic acids is 1. The Morgan fingerprint density at radius 3 is 2.52 bits per heavy atom. The number of nitrogens with one attached hydrogen (secondary N) is 1. The van der Waals surface area contributed by atoms with Crippen molar-refractivity contribution in [2.45, 2.75) is 9.79 Å². The zero-order valence-corrected chi connectivity index (χ0v) is 13.4. The zero-order chi connectivity index (χ0) is 14.7. The number of hydrogen-bond donors (Lipinski definition) is 1. The zero-order valence-electron chi connectivity index (χ0n) is 10.9. The third-order valence-corrected chi connectivity index (χ3v) is 4.94. The summed E-state index contributed by atoms with van der Waals surface area (Å²) in [6.45, 7) is 0. The first-order chi connectivity index (χ1) is 10.2. The summed E-state index contributed by atoms with van der Waals surface area (Å²) in [5.41, 5.74) is 0.998. The summed E-state index contributed by atoms with van der Waals surface area (Å²) in [6.07, 6.45) is 1.87. The molecule has 2 aromatic rings. The Hall–Kier alpha value is -1.56. The number of hydrogen-bond acceptors (Lipinski definition) is 4. The summed E-state index contributed by atoms with van der Waals surface area (Å²) in [5, 5.41) is 2.62. The molecule has 0 aliphatic carbocycles. The van der Waals surface area contributed by atoms with Crippen LogP contribution in [0.15, 0.2) is 69.3 Å². The second-order valence-electron chi connectivity index (χ2n) is 4.34. The molecule has 0 spiro atoms. The van der Waals surface area contributed by atoms with Crippen LogP contribution < -0.4 is 5.32 Å². The molecule has 0 radical (unpaired) electrons. The first-order valence-electron chi connectivity index (χ1n) is 6.28. The molecule has 0 bridgehead atoms. The van der Waals surface area contributed by atoms with Gasteiger partial charge in [0.15, 0.2) is 0 Å². The Labute approximate surface area is 137 Å². The van der Waals surface area contributed by atoms with Crippen molar-refractivity contribution in [1.29, 1.82) is 0 Å². The Morgan fingerprint density at radius 2 is 1.81 bits per heavy atom. The van der Waals surface area contributed by atoms with E-state index < -0.39 is 0 Å². The molecule has 1 amide bonds. The number of amides is 1. The van der Waals surface area contributed by atoms with Crippen molar-refractivity contribution >= 4 is 52.0 Å². The van der Waals surface area contributed by atoms with Crippen molar-refractivity contribution in [3.05, 3.63) is 65.1 Å². The topological polar surface area (TPSA) is 29.1 Å². The molecule has 0 saturated carbocycles. The van der Waals surface area contributed by atoms with Gasteiger partial charge in [-0.3, -0.25) is 4.79 Å². The van der Waals surface area contributed by atoms with E-state index in [1.807, 2.05) is 36.4 Å². The molecule has 0 atom stereocenters. The predicted molar refractivity (Wildman–Crippen MR) is 93.3 cm³/mol. The average molecular weight is 329 g/mol. The van der Waals surface area contributed by atoms with E-state index in [1.54, 1.807) is 11.8 Å². The molecule has 1 aliphatic heterocycles. The maximum atomic E-state index is 11.7. The van der Waals surface area contributed by atoms with E-state index in [2.05, 4.69) is 29.6 Å². The monoisotopic (exact) mass is 329 g/mol. The van der Waals surface area contributed by atoms with Crippen LogP contribution in [0.25, 0.3) is 6.08 Å². The van der Waals surface area contributed by atoms with Gasteiger partial charge in [0.25, 0.3) is 5.91 Å². The van der Waals surface area contributed by atoms with E-state index in [4.69, 9.17) is 12.2 Å². The maximum absolute atomic E-state index is 11.7. The fourth-order valence-electron chi connectivity index (χ4n) is 1.86. The molecule has 1 N–H and O–H groups in total. The fraction of sp³-hybridized carbons (Fsp3) is 0. The summed E-state index contributed by atoms with van der Waals surface area (Å²) in [7, 11) is 0. The van der Waals surface area contributed by atoms with Crippen molar-refractivity contribution in [2.75, 3.05) is 0 Å². The lowest BCUT2D eigenvalue weighted by Crippen LogP contribution is -2.17. The number of carbonyl (C=O) groups is 1.